The predicted molar refractivity (Wildman–Crippen MR) is 78.7 cm³/mol. The van der Waals surface area contributed by atoms with E-state index in [1.54, 1.807) is 12.3 Å². The Morgan fingerprint density at radius 2 is 2.19 bits per heavy atom. The second kappa shape index (κ2) is 7.75. The molecule has 2 N–H and O–H groups in total. The summed E-state index contributed by atoms with van der Waals surface area (Å²) in [5.41, 5.74) is 1.64. The summed E-state index contributed by atoms with van der Waals surface area (Å²) in [6.07, 6.45) is 3.00. The minimum Gasteiger partial charge on any atom is -0.396 e. The third-order valence-corrected chi connectivity index (χ3v) is 3.29. The number of hydrogen-bond acceptors (Lipinski definition) is 4. The molecule has 2 aromatic rings. The van der Waals surface area contributed by atoms with E-state index in [0.717, 1.165) is 11.3 Å². The Kier molecular flexibility index (Phi) is 5.71. The topological polar surface area (TPSA) is 80.0 Å². The van der Waals surface area contributed by atoms with Crippen LogP contribution < -0.4 is 5.32 Å². The van der Waals surface area contributed by atoms with E-state index >= 15 is 0 Å². The van der Waals surface area contributed by atoms with Crippen LogP contribution >= 0.6 is 11.6 Å². The summed E-state index contributed by atoms with van der Waals surface area (Å²) in [6, 6.07) is 7.37. The fourth-order valence-corrected chi connectivity index (χ4v) is 2.03. The van der Waals surface area contributed by atoms with Crippen LogP contribution in [0.5, 0.6) is 0 Å². The summed E-state index contributed by atoms with van der Waals surface area (Å²) >= 11 is 6.02. The molecule has 0 saturated heterocycles. The first kappa shape index (κ1) is 15.5. The number of amides is 1. The van der Waals surface area contributed by atoms with Crippen LogP contribution in [0, 0.1) is 0 Å². The van der Waals surface area contributed by atoms with Gasteiger partial charge in [0.15, 0.2) is 0 Å². The lowest BCUT2D eigenvalue weighted by molar-refractivity contribution is -0.122. The summed E-state index contributed by atoms with van der Waals surface area (Å²) in [5, 5.41) is 20.0. The smallest absolute Gasteiger partial charge is 0.242 e. The van der Waals surface area contributed by atoms with Gasteiger partial charge in [0.25, 0.3) is 0 Å². The van der Waals surface area contributed by atoms with Gasteiger partial charge < -0.3 is 10.4 Å². The highest BCUT2D eigenvalue weighted by molar-refractivity contribution is 6.31. The van der Waals surface area contributed by atoms with Gasteiger partial charge >= 0.3 is 0 Å². The van der Waals surface area contributed by atoms with Crippen LogP contribution in [0.25, 0.3) is 0 Å². The van der Waals surface area contributed by atoms with Crippen LogP contribution in [0.15, 0.2) is 30.5 Å². The molecule has 0 bridgehead atoms. The molecule has 0 atom stereocenters. The molecular formula is C14H17ClN4O2. The van der Waals surface area contributed by atoms with E-state index in [0.29, 0.717) is 24.4 Å². The van der Waals surface area contributed by atoms with Crippen molar-refractivity contribution in [1.82, 2.24) is 20.3 Å². The summed E-state index contributed by atoms with van der Waals surface area (Å²) in [4.78, 5) is 11.8. The lowest BCUT2D eigenvalue weighted by Gasteiger charge is -2.06. The fourth-order valence-electron chi connectivity index (χ4n) is 1.83. The highest BCUT2D eigenvalue weighted by Crippen LogP contribution is 2.14. The Morgan fingerprint density at radius 1 is 1.38 bits per heavy atom. The third kappa shape index (κ3) is 4.84. The van der Waals surface area contributed by atoms with Crippen molar-refractivity contribution in [2.45, 2.75) is 25.9 Å². The lowest BCUT2D eigenvalue weighted by Crippen LogP contribution is -2.27. The predicted octanol–water partition coefficient (Wildman–Crippen LogP) is 1.17. The Bertz CT molecular complexity index is 600. The van der Waals surface area contributed by atoms with Crippen LogP contribution in [0.4, 0.5) is 0 Å². The summed E-state index contributed by atoms with van der Waals surface area (Å²) in [7, 11) is 0. The maximum absolute atomic E-state index is 11.8. The first-order valence-corrected chi connectivity index (χ1v) is 7.07. The van der Waals surface area contributed by atoms with Gasteiger partial charge in [-0.15, -0.1) is 5.10 Å². The van der Waals surface area contributed by atoms with E-state index in [4.69, 9.17) is 16.7 Å². The summed E-state index contributed by atoms with van der Waals surface area (Å²) in [5.74, 6) is -0.159. The van der Waals surface area contributed by atoms with Gasteiger partial charge in [0.1, 0.15) is 6.54 Å². The van der Waals surface area contributed by atoms with Gasteiger partial charge in [-0.3, -0.25) is 4.79 Å². The highest BCUT2D eigenvalue weighted by Gasteiger charge is 2.07. The van der Waals surface area contributed by atoms with E-state index in [1.165, 1.54) is 4.68 Å². The number of aliphatic hydroxyl groups excluding tert-OH is 1. The molecule has 1 amide bonds. The Hall–Kier alpha value is -1.92. The zero-order valence-corrected chi connectivity index (χ0v) is 12.3. The zero-order chi connectivity index (χ0) is 15.1. The Morgan fingerprint density at radius 3 is 2.95 bits per heavy atom. The van der Waals surface area contributed by atoms with Crippen LogP contribution in [0.1, 0.15) is 17.7 Å². The SMILES string of the molecule is O=C(Cn1cc(CCCO)nn1)NCc1ccccc1Cl. The molecule has 1 heterocycles. The van der Waals surface area contributed by atoms with Crippen molar-refractivity contribution in [1.29, 1.82) is 0 Å². The fraction of sp³-hybridized carbons (Fsp3) is 0.357. The van der Waals surface area contributed by atoms with Crippen molar-refractivity contribution >= 4 is 17.5 Å². The maximum Gasteiger partial charge on any atom is 0.242 e. The van der Waals surface area contributed by atoms with Crippen LogP contribution in [0.3, 0.4) is 0 Å². The molecular weight excluding hydrogens is 292 g/mol. The van der Waals surface area contributed by atoms with Crippen molar-refractivity contribution < 1.29 is 9.90 Å². The first-order valence-electron chi connectivity index (χ1n) is 6.69. The van der Waals surface area contributed by atoms with Gasteiger partial charge in [0, 0.05) is 24.4 Å². The van der Waals surface area contributed by atoms with Gasteiger partial charge in [-0.25, -0.2) is 4.68 Å². The Balaban J connectivity index is 1.82. The standard InChI is InChI=1S/C14H17ClN4O2/c15-13-6-2-1-4-11(13)8-16-14(21)10-19-9-12(17-18-19)5-3-7-20/h1-2,4,6,9,20H,3,5,7-8,10H2,(H,16,21). The highest BCUT2D eigenvalue weighted by atomic mass is 35.5. The van der Waals surface area contributed by atoms with Gasteiger partial charge in [-0.2, -0.15) is 0 Å². The molecule has 0 unspecified atom stereocenters. The number of benzene rings is 1. The van der Waals surface area contributed by atoms with Gasteiger partial charge in [-0.05, 0) is 24.5 Å². The molecule has 7 heteroatoms. The number of hydrogen-bond donors (Lipinski definition) is 2. The molecule has 6 nitrogen and oxygen atoms in total. The van der Waals surface area contributed by atoms with Crippen molar-refractivity contribution in [3.8, 4) is 0 Å². The van der Waals surface area contributed by atoms with E-state index in [9.17, 15) is 4.79 Å². The average molecular weight is 309 g/mol. The molecule has 0 radical (unpaired) electrons. The van der Waals surface area contributed by atoms with Crippen molar-refractivity contribution in [3.05, 3.63) is 46.7 Å². The number of carbonyl (C=O) groups excluding carboxylic acids is 1. The molecule has 0 aliphatic carbocycles. The quantitative estimate of drug-likeness (QED) is 0.805. The van der Waals surface area contributed by atoms with E-state index in [1.807, 2.05) is 18.2 Å². The molecule has 2 rings (SSSR count). The molecule has 21 heavy (non-hydrogen) atoms. The molecule has 0 aliphatic heterocycles. The Labute approximate surface area is 127 Å². The van der Waals surface area contributed by atoms with Gasteiger partial charge in [0.2, 0.25) is 5.91 Å². The number of nitrogens with one attached hydrogen (secondary N) is 1. The average Bonchev–Trinajstić information content (AvgIpc) is 2.91. The number of nitrogens with zero attached hydrogens (tertiary/aromatic N) is 3. The van der Waals surface area contributed by atoms with Crippen molar-refractivity contribution in [2.24, 2.45) is 0 Å². The molecule has 0 aliphatic rings. The second-order valence-corrected chi connectivity index (χ2v) is 5.01. The minimum atomic E-state index is -0.159. The number of rotatable bonds is 7. The maximum atomic E-state index is 11.8. The monoisotopic (exact) mass is 308 g/mol. The number of halogens is 1. The largest absolute Gasteiger partial charge is 0.396 e. The number of aromatic nitrogens is 3. The van der Waals surface area contributed by atoms with Crippen molar-refractivity contribution in [2.75, 3.05) is 6.61 Å². The van der Waals surface area contributed by atoms with Crippen LogP contribution in [-0.2, 0) is 24.3 Å². The molecule has 112 valence electrons. The number of carbonyl (C=O) groups is 1. The van der Waals surface area contributed by atoms with Crippen molar-refractivity contribution in [3.63, 3.8) is 0 Å². The normalized spacial score (nSPS) is 10.6. The second-order valence-electron chi connectivity index (χ2n) is 4.60. The van der Waals surface area contributed by atoms with Gasteiger partial charge in [-0.1, -0.05) is 35.0 Å². The third-order valence-electron chi connectivity index (χ3n) is 2.92. The van der Waals surface area contributed by atoms with E-state index in [-0.39, 0.29) is 19.1 Å². The molecule has 1 aromatic heterocycles. The molecule has 0 spiro atoms. The molecule has 0 fully saturated rings. The molecule has 0 saturated carbocycles. The lowest BCUT2D eigenvalue weighted by atomic mass is 10.2. The number of aryl methyl sites for hydroxylation is 1. The summed E-state index contributed by atoms with van der Waals surface area (Å²) < 4.78 is 1.48. The first-order chi connectivity index (χ1) is 10.2. The van der Waals surface area contributed by atoms with Gasteiger partial charge in [0.05, 0.1) is 5.69 Å². The van der Waals surface area contributed by atoms with Crippen LogP contribution in [-0.4, -0.2) is 32.6 Å². The minimum absolute atomic E-state index is 0.108. The van der Waals surface area contributed by atoms with Crippen LogP contribution in [0.2, 0.25) is 5.02 Å². The van der Waals surface area contributed by atoms with E-state index < -0.39 is 0 Å². The summed E-state index contributed by atoms with van der Waals surface area (Å²) in [6.45, 7) is 0.604. The number of aliphatic hydroxyl groups is 1. The zero-order valence-electron chi connectivity index (χ0n) is 11.5. The molecule has 1 aromatic carbocycles. The van der Waals surface area contributed by atoms with E-state index in [2.05, 4.69) is 15.6 Å².